The van der Waals surface area contributed by atoms with E-state index in [2.05, 4.69) is 4.74 Å². The van der Waals surface area contributed by atoms with E-state index in [1.807, 2.05) is 0 Å². The second-order valence-corrected chi connectivity index (χ2v) is 6.60. The molecule has 1 aromatic carbocycles. The second-order valence-electron chi connectivity index (χ2n) is 5.76. The van der Waals surface area contributed by atoms with Crippen LogP contribution in [-0.4, -0.2) is 17.2 Å². The zero-order valence-corrected chi connectivity index (χ0v) is 13.3. The third-order valence-corrected chi connectivity index (χ3v) is 4.34. The highest BCUT2D eigenvalue weighted by molar-refractivity contribution is 6.35. The van der Waals surface area contributed by atoms with E-state index in [-0.39, 0.29) is 10.8 Å². The third-order valence-electron chi connectivity index (χ3n) is 3.81. The van der Waals surface area contributed by atoms with E-state index in [9.17, 15) is 13.6 Å². The van der Waals surface area contributed by atoms with Crippen molar-refractivity contribution in [3.05, 3.63) is 40.4 Å². The van der Waals surface area contributed by atoms with Gasteiger partial charge < -0.3 is 9.84 Å². The normalized spacial score (nSPS) is 23.5. The number of carbonyl (C=O) groups is 1. The Balaban J connectivity index is 2.08. The first-order valence-corrected chi connectivity index (χ1v) is 7.24. The number of aliphatic carboxylic acids is 1. The lowest BCUT2D eigenvalue weighted by atomic mass is 10.1. The topological polar surface area (TPSA) is 46.5 Å². The van der Waals surface area contributed by atoms with Gasteiger partial charge in [0, 0.05) is 11.1 Å². The Kier molecular flexibility index (Phi) is 4.42. The van der Waals surface area contributed by atoms with Crippen LogP contribution in [0.15, 0.2) is 30.4 Å². The Morgan fingerprint density at radius 1 is 1.41 bits per heavy atom. The largest absolute Gasteiger partial charge is 0.481 e. The highest BCUT2D eigenvalue weighted by Crippen LogP contribution is 2.59. The second kappa shape index (κ2) is 5.70. The maximum atomic E-state index is 13.8. The highest BCUT2D eigenvalue weighted by atomic mass is 35.5. The number of allylic oxidation sites excluding steroid dienone is 1. The summed E-state index contributed by atoms with van der Waals surface area (Å²) in [4.78, 5) is 11.0. The van der Waals surface area contributed by atoms with Gasteiger partial charge in [-0.3, -0.25) is 4.79 Å². The summed E-state index contributed by atoms with van der Waals surface area (Å²) in [5.41, 5.74) is -0.545. The molecule has 0 amide bonds. The molecule has 0 bridgehead atoms. The molecule has 7 heteroatoms. The summed E-state index contributed by atoms with van der Waals surface area (Å²) in [5.74, 6) is -2.32. The van der Waals surface area contributed by atoms with Crippen molar-refractivity contribution < 1.29 is 23.4 Å². The van der Waals surface area contributed by atoms with E-state index in [4.69, 9.17) is 28.3 Å². The number of ether oxygens (including phenoxy) is 1. The Hall–Kier alpha value is -1.33. The van der Waals surface area contributed by atoms with Crippen LogP contribution in [0, 0.1) is 17.3 Å². The molecule has 1 aromatic rings. The molecule has 0 aromatic heterocycles. The van der Waals surface area contributed by atoms with E-state index in [1.165, 1.54) is 24.3 Å². The van der Waals surface area contributed by atoms with Crippen molar-refractivity contribution >= 4 is 29.2 Å². The Morgan fingerprint density at radius 3 is 2.55 bits per heavy atom. The number of carboxylic acids is 1. The van der Waals surface area contributed by atoms with Crippen molar-refractivity contribution in [3.8, 4) is 5.75 Å². The lowest BCUT2D eigenvalue weighted by Gasteiger charge is -2.15. The predicted molar refractivity (Wildman–Crippen MR) is 79.6 cm³/mol. The average molecular weight is 351 g/mol. The van der Waals surface area contributed by atoms with Crippen molar-refractivity contribution in [2.24, 2.45) is 17.3 Å². The van der Waals surface area contributed by atoms with Gasteiger partial charge in [0.1, 0.15) is 5.75 Å². The van der Waals surface area contributed by atoms with E-state index >= 15 is 0 Å². The van der Waals surface area contributed by atoms with Gasteiger partial charge in [0.15, 0.2) is 0 Å². The van der Waals surface area contributed by atoms with Crippen molar-refractivity contribution in [2.45, 2.75) is 20.0 Å². The van der Waals surface area contributed by atoms with Crippen LogP contribution < -0.4 is 4.74 Å². The van der Waals surface area contributed by atoms with Gasteiger partial charge in [-0.15, -0.1) is 0 Å². The quantitative estimate of drug-likeness (QED) is 0.770. The summed E-state index contributed by atoms with van der Waals surface area (Å²) in [6.07, 6.45) is -1.85. The van der Waals surface area contributed by atoms with Crippen LogP contribution in [0.3, 0.4) is 0 Å². The minimum atomic E-state index is -3.60. The van der Waals surface area contributed by atoms with Gasteiger partial charge in [-0.25, -0.2) is 0 Å². The Morgan fingerprint density at radius 2 is 2.05 bits per heavy atom. The third kappa shape index (κ3) is 3.52. The fraction of sp³-hybridized carbons (Fsp3) is 0.400. The lowest BCUT2D eigenvalue weighted by Crippen LogP contribution is -2.21. The molecular formula is C15H14Cl2F2O3. The number of hydrogen-bond acceptors (Lipinski definition) is 2. The lowest BCUT2D eigenvalue weighted by molar-refractivity contribution is -0.139. The van der Waals surface area contributed by atoms with Gasteiger partial charge in [0.2, 0.25) is 0 Å². The van der Waals surface area contributed by atoms with Crippen LogP contribution in [-0.2, 0) is 4.79 Å². The maximum absolute atomic E-state index is 13.8. The van der Waals surface area contributed by atoms with E-state index < -0.39 is 29.3 Å². The van der Waals surface area contributed by atoms with Crippen LogP contribution in [0.25, 0.3) is 0 Å². The molecule has 0 saturated heterocycles. The number of rotatable bonds is 5. The van der Waals surface area contributed by atoms with Crippen LogP contribution in [0.2, 0.25) is 10.0 Å². The van der Waals surface area contributed by atoms with Crippen LogP contribution in [0.1, 0.15) is 13.8 Å². The first-order chi connectivity index (χ1) is 10.0. The highest BCUT2D eigenvalue weighted by Gasteiger charge is 2.61. The molecule has 120 valence electrons. The zero-order valence-electron chi connectivity index (χ0n) is 11.8. The number of benzene rings is 1. The standard InChI is InChI=1S/C15H14Cl2F2O3/c1-14(2)9(12(14)13(20)21)5-6-15(18,19)22-11-4-3-8(16)7-10(11)17/h3-7,9,12H,1-2H3,(H,20,21)/t9-,12+/m1/s1. The molecule has 2 rings (SSSR count). The molecule has 1 fully saturated rings. The molecule has 2 atom stereocenters. The summed E-state index contributed by atoms with van der Waals surface area (Å²) >= 11 is 11.5. The summed E-state index contributed by atoms with van der Waals surface area (Å²) in [6.45, 7) is 3.44. The molecule has 0 radical (unpaired) electrons. The minimum absolute atomic E-state index is 0.0317. The van der Waals surface area contributed by atoms with Crippen molar-refractivity contribution in [3.63, 3.8) is 0 Å². The summed E-state index contributed by atoms with van der Waals surface area (Å²) in [6, 6.07) is 3.92. The van der Waals surface area contributed by atoms with Gasteiger partial charge in [0.25, 0.3) is 0 Å². The van der Waals surface area contributed by atoms with E-state index in [1.54, 1.807) is 13.8 Å². The molecule has 0 spiro atoms. The predicted octanol–water partition coefficient (Wildman–Crippen LogP) is 4.88. The van der Waals surface area contributed by atoms with Crippen LogP contribution >= 0.6 is 23.2 Å². The van der Waals surface area contributed by atoms with E-state index in [0.717, 1.165) is 0 Å². The van der Waals surface area contributed by atoms with Crippen molar-refractivity contribution in [2.75, 3.05) is 0 Å². The van der Waals surface area contributed by atoms with Gasteiger partial charge in [-0.1, -0.05) is 43.1 Å². The van der Waals surface area contributed by atoms with Gasteiger partial charge in [0.05, 0.1) is 10.9 Å². The van der Waals surface area contributed by atoms with Gasteiger partial charge >= 0.3 is 12.1 Å². The zero-order chi connectivity index (χ0) is 16.7. The molecule has 0 heterocycles. The number of carboxylic acid groups (broad SMARTS) is 1. The number of alkyl halides is 2. The fourth-order valence-electron chi connectivity index (χ4n) is 2.46. The molecule has 3 nitrogen and oxygen atoms in total. The first kappa shape index (κ1) is 17.0. The molecule has 1 aliphatic carbocycles. The number of hydrogen-bond donors (Lipinski definition) is 1. The van der Waals surface area contributed by atoms with Crippen molar-refractivity contribution in [1.82, 2.24) is 0 Å². The minimum Gasteiger partial charge on any atom is -0.481 e. The average Bonchev–Trinajstić information content (AvgIpc) is 2.92. The molecule has 0 unspecified atom stereocenters. The fourth-order valence-corrected chi connectivity index (χ4v) is 2.91. The molecular weight excluding hydrogens is 337 g/mol. The molecule has 22 heavy (non-hydrogen) atoms. The Bertz CT molecular complexity index is 629. The SMILES string of the molecule is CC1(C)[C@H](C=CC(F)(F)Oc2ccc(Cl)cc2Cl)[C@H]1C(=O)O. The van der Waals surface area contributed by atoms with Gasteiger partial charge in [-0.2, -0.15) is 8.78 Å². The monoisotopic (exact) mass is 350 g/mol. The van der Waals surface area contributed by atoms with Crippen LogP contribution in [0.5, 0.6) is 5.75 Å². The molecule has 1 N–H and O–H groups in total. The molecule has 1 saturated carbocycles. The van der Waals surface area contributed by atoms with E-state index in [0.29, 0.717) is 11.1 Å². The summed E-state index contributed by atoms with van der Waals surface area (Å²) in [5, 5.41) is 9.28. The molecule has 1 aliphatic rings. The summed E-state index contributed by atoms with van der Waals surface area (Å²) in [7, 11) is 0. The molecule has 0 aliphatic heterocycles. The summed E-state index contributed by atoms with van der Waals surface area (Å²) < 4.78 is 32.2. The number of halogens is 4. The van der Waals surface area contributed by atoms with Crippen LogP contribution in [0.4, 0.5) is 8.78 Å². The maximum Gasteiger partial charge on any atom is 0.419 e. The smallest absolute Gasteiger partial charge is 0.419 e. The Labute approximate surface area is 136 Å². The van der Waals surface area contributed by atoms with Gasteiger partial charge in [-0.05, 0) is 29.5 Å². The first-order valence-electron chi connectivity index (χ1n) is 6.48. The van der Waals surface area contributed by atoms with Crippen molar-refractivity contribution in [1.29, 1.82) is 0 Å².